The van der Waals surface area contributed by atoms with E-state index in [0.29, 0.717) is 6.10 Å². The molecule has 0 heterocycles. The largest absolute Gasteiger partial charge is 0.462 e. The maximum Gasteiger partial charge on any atom is 0.279 e. The third kappa shape index (κ3) is 0.572. The second-order valence-electron chi connectivity index (χ2n) is 4.08. The van der Waals surface area contributed by atoms with Crippen molar-refractivity contribution in [1.82, 2.24) is 0 Å². The molecule has 3 heteroatoms. The summed E-state index contributed by atoms with van der Waals surface area (Å²) in [6.07, 6.45) is 3.00. The van der Waals surface area contributed by atoms with Crippen LogP contribution in [-0.2, 0) is 4.74 Å². The van der Waals surface area contributed by atoms with E-state index in [-0.39, 0.29) is 6.02 Å². The van der Waals surface area contributed by atoms with Crippen LogP contribution in [0.4, 0.5) is 0 Å². The van der Waals surface area contributed by atoms with Gasteiger partial charge in [0.2, 0.25) is 0 Å². The molecule has 60 valence electrons. The molecule has 0 saturated heterocycles. The molecule has 0 aromatic heterocycles. The second kappa shape index (κ2) is 1.54. The van der Waals surface area contributed by atoms with Gasteiger partial charge in [0.1, 0.15) is 6.10 Å². The van der Waals surface area contributed by atoms with Crippen molar-refractivity contribution in [2.24, 2.45) is 29.4 Å². The van der Waals surface area contributed by atoms with E-state index in [9.17, 15) is 0 Å². The van der Waals surface area contributed by atoms with Crippen LogP contribution in [0.3, 0.4) is 0 Å². The normalized spacial score (nSPS) is 56.2. The highest BCUT2D eigenvalue weighted by atomic mass is 16.5. The van der Waals surface area contributed by atoms with Crippen molar-refractivity contribution < 1.29 is 4.74 Å². The molecule has 0 amide bonds. The highest BCUT2D eigenvalue weighted by molar-refractivity contribution is 5.67. The molecule has 0 aliphatic heterocycles. The van der Waals surface area contributed by atoms with E-state index in [2.05, 4.69) is 0 Å². The monoisotopic (exact) mass is 152 g/mol. The smallest absolute Gasteiger partial charge is 0.279 e. The Kier molecular flexibility index (Phi) is 0.822. The third-order valence-corrected chi connectivity index (χ3v) is 3.65. The SMILES string of the molecule is N=C(N)O[C@@H]1C2CC3C1[C@H]3C2. The van der Waals surface area contributed by atoms with Gasteiger partial charge in [0.05, 0.1) is 0 Å². The van der Waals surface area contributed by atoms with Gasteiger partial charge in [-0.25, -0.2) is 0 Å². The van der Waals surface area contributed by atoms with Crippen molar-refractivity contribution in [3.63, 3.8) is 0 Å². The minimum Gasteiger partial charge on any atom is -0.462 e. The molecule has 3 N–H and O–H groups in total. The minimum atomic E-state index is -0.0896. The standard InChI is InChI=1S/C8H12N2O/c9-8(10)11-7-3-1-4-5(2-3)6(4)7/h3-7H,1-2H2,(H3,9,10)/t3?,4-,5?,6?,7+/m0/s1. The van der Waals surface area contributed by atoms with Crippen molar-refractivity contribution in [2.45, 2.75) is 18.9 Å². The maximum atomic E-state index is 7.03. The molecule has 5 atom stereocenters. The van der Waals surface area contributed by atoms with Gasteiger partial charge in [-0.05, 0) is 30.6 Å². The quantitative estimate of drug-likeness (QED) is 0.426. The lowest BCUT2D eigenvalue weighted by Gasteiger charge is -2.14. The summed E-state index contributed by atoms with van der Waals surface area (Å²) in [4.78, 5) is 0. The summed E-state index contributed by atoms with van der Waals surface area (Å²) < 4.78 is 5.28. The minimum absolute atomic E-state index is 0.0896. The van der Waals surface area contributed by atoms with E-state index in [1.165, 1.54) is 12.8 Å². The Bertz CT molecular complexity index is 214. The number of amidine groups is 1. The summed E-state index contributed by atoms with van der Waals surface area (Å²) in [5.41, 5.74) is 5.19. The molecule has 4 aliphatic carbocycles. The van der Waals surface area contributed by atoms with Crippen molar-refractivity contribution in [3.05, 3.63) is 0 Å². The highest BCUT2D eigenvalue weighted by Crippen LogP contribution is 2.71. The predicted molar refractivity (Wildman–Crippen MR) is 40.0 cm³/mol. The van der Waals surface area contributed by atoms with Gasteiger partial charge in [-0.2, -0.15) is 0 Å². The molecule has 4 saturated carbocycles. The van der Waals surface area contributed by atoms with Crippen LogP contribution in [0.1, 0.15) is 12.8 Å². The number of hydrogen-bond donors (Lipinski definition) is 2. The number of rotatable bonds is 1. The summed E-state index contributed by atoms with van der Waals surface area (Å²) in [6, 6.07) is -0.0896. The summed E-state index contributed by atoms with van der Waals surface area (Å²) in [7, 11) is 0. The second-order valence-corrected chi connectivity index (χ2v) is 4.08. The van der Waals surface area contributed by atoms with Gasteiger partial charge >= 0.3 is 0 Å². The van der Waals surface area contributed by atoms with Crippen LogP contribution in [0, 0.1) is 29.1 Å². The Labute approximate surface area is 65.4 Å². The zero-order valence-corrected chi connectivity index (χ0v) is 6.29. The number of nitrogens with two attached hydrogens (primary N) is 1. The van der Waals surface area contributed by atoms with Crippen molar-refractivity contribution in [1.29, 1.82) is 5.41 Å². The Hall–Kier alpha value is -0.730. The Morgan fingerprint density at radius 1 is 1.36 bits per heavy atom. The predicted octanol–water partition coefficient (Wildman–Crippen LogP) is 0.551. The summed E-state index contributed by atoms with van der Waals surface area (Å²) >= 11 is 0. The van der Waals surface area contributed by atoms with Crippen LogP contribution in [-0.4, -0.2) is 12.1 Å². The first-order valence-corrected chi connectivity index (χ1v) is 4.28. The maximum absolute atomic E-state index is 7.03. The van der Waals surface area contributed by atoms with Crippen molar-refractivity contribution in [2.75, 3.05) is 0 Å². The molecule has 0 aromatic rings. The van der Waals surface area contributed by atoms with Crippen molar-refractivity contribution >= 4 is 6.02 Å². The molecule has 4 fully saturated rings. The molecule has 3 unspecified atom stereocenters. The van der Waals surface area contributed by atoms with E-state index < -0.39 is 0 Å². The van der Waals surface area contributed by atoms with Crippen LogP contribution < -0.4 is 5.73 Å². The molecule has 0 radical (unpaired) electrons. The van der Waals surface area contributed by atoms with E-state index in [1.54, 1.807) is 0 Å². The first-order valence-electron chi connectivity index (χ1n) is 4.28. The lowest BCUT2D eigenvalue weighted by molar-refractivity contribution is 0.144. The Balaban J connectivity index is 1.77. The Morgan fingerprint density at radius 3 is 2.36 bits per heavy atom. The zero-order chi connectivity index (χ0) is 7.59. The first kappa shape index (κ1) is 5.86. The van der Waals surface area contributed by atoms with E-state index >= 15 is 0 Å². The number of ether oxygens (including phenoxy) is 1. The van der Waals surface area contributed by atoms with Gasteiger partial charge in [0.15, 0.2) is 0 Å². The van der Waals surface area contributed by atoms with Gasteiger partial charge < -0.3 is 10.5 Å². The lowest BCUT2D eigenvalue weighted by atomic mass is 10.1. The Morgan fingerprint density at radius 2 is 2.00 bits per heavy atom. The molecule has 11 heavy (non-hydrogen) atoms. The van der Waals surface area contributed by atoms with Crippen LogP contribution in [0.15, 0.2) is 0 Å². The molecular formula is C8H12N2O. The number of nitrogens with one attached hydrogen (secondary N) is 1. The van der Waals surface area contributed by atoms with Gasteiger partial charge in [-0.3, -0.25) is 5.41 Å². The summed E-state index contributed by atoms with van der Waals surface area (Å²) in [6.45, 7) is 0. The summed E-state index contributed by atoms with van der Waals surface area (Å²) in [5.74, 6) is 3.41. The average molecular weight is 152 g/mol. The third-order valence-electron chi connectivity index (χ3n) is 3.65. The van der Waals surface area contributed by atoms with Gasteiger partial charge in [0, 0.05) is 5.92 Å². The zero-order valence-electron chi connectivity index (χ0n) is 6.29. The molecule has 4 aliphatic rings. The van der Waals surface area contributed by atoms with Crippen molar-refractivity contribution in [3.8, 4) is 0 Å². The molecule has 4 rings (SSSR count). The van der Waals surface area contributed by atoms with Gasteiger partial charge in [-0.15, -0.1) is 0 Å². The van der Waals surface area contributed by atoms with Crippen LogP contribution >= 0.6 is 0 Å². The lowest BCUT2D eigenvalue weighted by Crippen LogP contribution is -2.25. The molecule has 4 bridgehead atoms. The van der Waals surface area contributed by atoms with Gasteiger partial charge in [0.25, 0.3) is 6.02 Å². The average Bonchev–Trinajstić information content (AvgIpc) is 2.30. The van der Waals surface area contributed by atoms with E-state index in [0.717, 1.165) is 23.7 Å². The molecule has 3 nitrogen and oxygen atoms in total. The van der Waals surface area contributed by atoms with Gasteiger partial charge in [-0.1, -0.05) is 0 Å². The van der Waals surface area contributed by atoms with Crippen LogP contribution in [0.25, 0.3) is 0 Å². The fourth-order valence-electron chi connectivity index (χ4n) is 3.33. The number of hydrogen-bond acceptors (Lipinski definition) is 2. The first-order chi connectivity index (χ1) is 5.27. The van der Waals surface area contributed by atoms with E-state index in [1.807, 2.05) is 0 Å². The molecule has 0 spiro atoms. The van der Waals surface area contributed by atoms with E-state index in [4.69, 9.17) is 15.9 Å². The van der Waals surface area contributed by atoms with Crippen LogP contribution in [0.2, 0.25) is 0 Å². The molecular weight excluding hydrogens is 140 g/mol. The summed E-state index contributed by atoms with van der Waals surface area (Å²) in [5, 5.41) is 7.03. The topological polar surface area (TPSA) is 59.1 Å². The fourth-order valence-corrected chi connectivity index (χ4v) is 3.33. The highest BCUT2D eigenvalue weighted by Gasteiger charge is 2.69. The van der Waals surface area contributed by atoms with Crippen LogP contribution in [0.5, 0.6) is 0 Å². The fraction of sp³-hybridized carbons (Fsp3) is 0.875. The molecule has 0 aromatic carbocycles.